The fourth-order valence-corrected chi connectivity index (χ4v) is 2.74. The second-order valence-electron chi connectivity index (χ2n) is 5.62. The molecule has 0 bridgehead atoms. The zero-order valence-electron chi connectivity index (χ0n) is 13.8. The molecule has 0 saturated carbocycles. The molecule has 0 spiro atoms. The van der Waals surface area contributed by atoms with Gasteiger partial charge in [0.15, 0.2) is 0 Å². The van der Waals surface area contributed by atoms with Gasteiger partial charge in [0.05, 0.1) is 21.2 Å². The van der Waals surface area contributed by atoms with Gasteiger partial charge in [-0.1, -0.05) is 48.0 Å². The lowest BCUT2D eigenvalue weighted by Crippen LogP contribution is -2.19. The number of fused-ring (bicyclic) bond motifs is 1. The summed E-state index contributed by atoms with van der Waals surface area (Å²) in [7, 11) is 0. The molecular formula is C19H14ClN3O3. The minimum Gasteiger partial charge on any atom is -0.267 e. The molecular weight excluding hydrogens is 354 g/mol. The van der Waals surface area contributed by atoms with E-state index in [0.717, 1.165) is 22.4 Å². The van der Waals surface area contributed by atoms with Gasteiger partial charge in [-0.15, -0.1) is 0 Å². The Hall–Kier alpha value is -3.25. The number of non-ortho nitro benzene ring substituents is 1. The van der Waals surface area contributed by atoms with Crippen molar-refractivity contribution in [1.29, 1.82) is 0 Å². The van der Waals surface area contributed by atoms with Crippen LogP contribution in [0.15, 0.2) is 65.8 Å². The van der Waals surface area contributed by atoms with Crippen LogP contribution in [0.25, 0.3) is 10.8 Å². The standard InChI is InChI=1S/C19H14ClN3O3/c1-12(14-7-6-13-4-2-3-5-15(13)10-14)21-22-19(24)17-9-8-16(23(25)26)11-18(17)20/h2-11H,1H3,(H,22,24)/b21-12-. The van der Waals surface area contributed by atoms with E-state index >= 15 is 0 Å². The summed E-state index contributed by atoms with van der Waals surface area (Å²) >= 11 is 5.95. The van der Waals surface area contributed by atoms with Gasteiger partial charge < -0.3 is 0 Å². The van der Waals surface area contributed by atoms with Gasteiger partial charge in [-0.05, 0) is 35.4 Å². The van der Waals surface area contributed by atoms with Crippen molar-refractivity contribution >= 4 is 39.7 Å². The summed E-state index contributed by atoms with van der Waals surface area (Å²) in [5, 5.41) is 17.0. The summed E-state index contributed by atoms with van der Waals surface area (Å²) in [6.07, 6.45) is 0. The molecule has 0 aliphatic rings. The summed E-state index contributed by atoms with van der Waals surface area (Å²) in [4.78, 5) is 22.4. The van der Waals surface area contributed by atoms with Crippen molar-refractivity contribution in [2.45, 2.75) is 6.92 Å². The molecule has 1 N–H and O–H groups in total. The average Bonchev–Trinajstić information content (AvgIpc) is 2.65. The first-order chi connectivity index (χ1) is 12.5. The van der Waals surface area contributed by atoms with Crippen LogP contribution in [0, 0.1) is 10.1 Å². The molecule has 0 aromatic heterocycles. The monoisotopic (exact) mass is 367 g/mol. The van der Waals surface area contributed by atoms with E-state index in [0.29, 0.717) is 5.71 Å². The lowest BCUT2D eigenvalue weighted by Gasteiger charge is -2.06. The van der Waals surface area contributed by atoms with Gasteiger partial charge in [0.1, 0.15) is 0 Å². The largest absolute Gasteiger partial charge is 0.272 e. The van der Waals surface area contributed by atoms with Crippen LogP contribution in [0.2, 0.25) is 5.02 Å². The van der Waals surface area contributed by atoms with Gasteiger partial charge >= 0.3 is 0 Å². The lowest BCUT2D eigenvalue weighted by molar-refractivity contribution is -0.384. The third-order valence-corrected chi connectivity index (χ3v) is 4.21. The third-order valence-electron chi connectivity index (χ3n) is 3.90. The number of halogens is 1. The number of nitro benzene ring substituents is 1. The van der Waals surface area contributed by atoms with Crippen molar-refractivity contribution in [1.82, 2.24) is 5.43 Å². The van der Waals surface area contributed by atoms with Crippen molar-refractivity contribution < 1.29 is 9.72 Å². The number of amides is 1. The number of rotatable bonds is 4. The number of hydrazone groups is 1. The topological polar surface area (TPSA) is 84.6 Å². The first kappa shape index (κ1) is 17.6. The van der Waals surface area contributed by atoms with E-state index in [9.17, 15) is 14.9 Å². The number of hydrogen-bond acceptors (Lipinski definition) is 4. The molecule has 130 valence electrons. The minimum absolute atomic E-state index is 0.00439. The number of hydrogen-bond donors (Lipinski definition) is 1. The van der Waals surface area contributed by atoms with Crippen molar-refractivity contribution in [3.8, 4) is 0 Å². The zero-order valence-corrected chi connectivity index (χ0v) is 14.5. The van der Waals surface area contributed by atoms with Gasteiger partial charge in [-0.3, -0.25) is 14.9 Å². The average molecular weight is 368 g/mol. The molecule has 0 aliphatic heterocycles. The van der Waals surface area contributed by atoms with Gasteiger partial charge in [-0.2, -0.15) is 5.10 Å². The maximum Gasteiger partial charge on any atom is 0.272 e. The molecule has 0 fully saturated rings. The predicted octanol–water partition coefficient (Wildman–Crippen LogP) is 4.56. The smallest absolute Gasteiger partial charge is 0.267 e. The molecule has 3 aromatic carbocycles. The summed E-state index contributed by atoms with van der Waals surface area (Å²) < 4.78 is 0. The highest BCUT2D eigenvalue weighted by Gasteiger charge is 2.14. The molecule has 7 heteroatoms. The molecule has 6 nitrogen and oxygen atoms in total. The van der Waals surface area contributed by atoms with E-state index in [-0.39, 0.29) is 16.3 Å². The Balaban J connectivity index is 1.79. The number of nitrogens with one attached hydrogen (secondary N) is 1. The fourth-order valence-electron chi connectivity index (χ4n) is 2.48. The Morgan fingerprint density at radius 1 is 1.08 bits per heavy atom. The summed E-state index contributed by atoms with van der Waals surface area (Å²) in [5.74, 6) is -0.537. The number of carbonyl (C=O) groups excluding carboxylic acids is 1. The molecule has 26 heavy (non-hydrogen) atoms. The van der Waals surface area contributed by atoms with E-state index in [4.69, 9.17) is 11.6 Å². The van der Waals surface area contributed by atoms with Crippen LogP contribution in [0.4, 0.5) is 5.69 Å². The zero-order chi connectivity index (χ0) is 18.7. The Morgan fingerprint density at radius 2 is 1.81 bits per heavy atom. The Bertz CT molecular complexity index is 1050. The molecule has 0 radical (unpaired) electrons. The molecule has 0 heterocycles. The predicted molar refractivity (Wildman–Crippen MR) is 102 cm³/mol. The van der Waals surface area contributed by atoms with Crippen LogP contribution in [0.1, 0.15) is 22.8 Å². The normalized spacial score (nSPS) is 11.4. The van der Waals surface area contributed by atoms with Gasteiger partial charge in [-0.25, -0.2) is 5.43 Å². The van der Waals surface area contributed by atoms with Gasteiger partial charge in [0, 0.05) is 12.1 Å². The Labute approximate surface area is 154 Å². The minimum atomic E-state index is -0.574. The highest BCUT2D eigenvalue weighted by atomic mass is 35.5. The Morgan fingerprint density at radius 3 is 2.50 bits per heavy atom. The van der Waals surface area contributed by atoms with Crippen molar-refractivity contribution in [2.24, 2.45) is 5.10 Å². The SMILES string of the molecule is C/C(=N/NC(=O)c1ccc([N+](=O)[O-])cc1Cl)c1ccc2ccccc2c1. The maximum atomic E-state index is 12.2. The lowest BCUT2D eigenvalue weighted by atomic mass is 10.0. The van der Waals surface area contributed by atoms with Crippen molar-refractivity contribution in [3.63, 3.8) is 0 Å². The quantitative estimate of drug-likeness (QED) is 0.417. The maximum absolute atomic E-state index is 12.2. The molecule has 1 amide bonds. The van der Waals surface area contributed by atoms with Crippen LogP contribution in [0.5, 0.6) is 0 Å². The molecule has 0 atom stereocenters. The molecule has 3 aromatic rings. The van der Waals surface area contributed by atoms with Gasteiger partial charge in [0.25, 0.3) is 11.6 Å². The second kappa shape index (κ2) is 7.33. The summed E-state index contributed by atoms with van der Waals surface area (Å²) in [6.45, 7) is 1.78. The Kier molecular flexibility index (Phi) is 4.95. The summed E-state index contributed by atoms with van der Waals surface area (Å²) in [6, 6.07) is 17.5. The second-order valence-corrected chi connectivity index (χ2v) is 6.03. The van der Waals surface area contributed by atoms with Crippen LogP contribution in [-0.4, -0.2) is 16.5 Å². The van der Waals surface area contributed by atoms with E-state index in [2.05, 4.69) is 10.5 Å². The fraction of sp³-hybridized carbons (Fsp3) is 0.0526. The van der Waals surface area contributed by atoms with Crippen molar-refractivity contribution in [3.05, 3.63) is 86.9 Å². The number of benzene rings is 3. The van der Waals surface area contributed by atoms with E-state index in [1.165, 1.54) is 12.1 Å². The summed E-state index contributed by atoms with van der Waals surface area (Å²) in [5.41, 5.74) is 3.87. The van der Waals surface area contributed by atoms with E-state index in [1.54, 1.807) is 6.92 Å². The first-order valence-corrected chi connectivity index (χ1v) is 8.11. The van der Waals surface area contributed by atoms with E-state index < -0.39 is 10.8 Å². The molecule has 0 aliphatic carbocycles. The number of nitrogens with zero attached hydrogens (tertiary/aromatic N) is 2. The molecule has 0 saturated heterocycles. The highest BCUT2D eigenvalue weighted by molar-refractivity contribution is 6.34. The van der Waals surface area contributed by atoms with Crippen LogP contribution in [-0.2, 0) is 0 Å². The van der Waals surface area contributed by atoms with Gasteiger partial charge in [0.2, 0.25) is 0 Å². The van der Waals surface area contributed by atoms with Crippen LogP contribution < -0.4 is 5.43 Å². The molecule has 3 rings (SSSR count). The highest BCUT2D eigenvalue weighted by Crippen LogP contribution is 2.22. The first-order valence-electron chi connectivity index (χ1n) is 7.73. The van der Waals surface area contributed by atoms with Crippen molar-refractivity contribution in [2.75, 3.05) is 0 Å². The third kappa shape index (κ3) is 3.70. The number of carbonyl (C=O) groups is 1. The molecule has 0 unspecified atom stereocenters. The van der Waals surface area contributed by atoms with Crippen LogP contribution in [0.3, 0.4) is 0 Å². The van der Waals surface area contributed by atoms with Crippen LogP contribution >= 0.6 is 11.6 Å². The number of nitro groups is 1. The van der Waals surface area contributed by atoms with E-state index in [1.807, 2.05) is 42.5 Å².